The third-order valence-electron chi connectivity index (χ3n) is 4.66. The van der Waals surface area contributed by atoms with E-state index in [9.17, 15) is 14.7 Å². The lowest BCUT2D eigenvalue weighted by atomic mass is 9.96. The second-order valence-corrected chi connectivity index (χ2v) is 6.77. The fourth-order valence-corrected chi connectivity index (χ4v) is 3.34. The number of carbonyl (C=O) groups excluding carboxylic acids is 1. The van der Waals surface area contributed by atoms with Gasteiger partial charge in [-0.25, -0.2) is 0 Å². The van der Waals surface area contributed by atoms with Crippen molar-refractivity contribution in [1.29, 1.82) is 0 Å². The third-order valence-corrected chi connectivity index (χ3v) is 4.66. The Labute approximate surface area is 134 Å². The summed E-state index contributed by atoms with van der Waals surface area (Å²) in [5.41, 5.74) is 0. The van der Waals surface area contributed by atoms with E-state index in [4.69, 9.17) is 4.74 Å². The Hall–Kier alpha value is -1.06. The van der Waals surface area contributed by atoms with E-state index in [1.165, 1.54) is 38.5 Å². The van der Waals surface area contributed by atoms with Gasteiger partial charge in [-0.2, -0.15) is 0 Å². The number of hydrogen-bond donors (Lipinski definition) is 1. The molecule has 1 saturated carbocycles. The second-order valence-electron chi connectivity index (χ2n) is 6.77. The van der Waals surface area contributed by atoms with Gasteiger partial charge >= 0.3 is 11.9 Å². The molecule has 0 heterocycles. The van der Waals surface area contributed by atoms with Gasteiger partial charge in [0.05, 0.1) is 18.4 Å². The van der Waals surface area contributed by atoms with E-state index in [2.05, 4.69) is 6.92 Å². The predicted octanol–water partition coefficient (Wildman–Crippen LogP) is 4.42. The van der Waals surface area contributed by atoms with E-state index < -0.39 is 17.8 Å². The van der Waals surface area contributed by atoms with Gasteiger partial charge in [0, 0.05) is 0 Å². The molecule has 1 aliphatic rings. The van der Waals surface area contributed by atoms with Crippen LogP contribution in [0.4, 0.5) is 0 Å². The molecular formula is C18H32O4. The molecule has 128 valence electrons. The highest BCUT2D eigenvalue weighted by atomic mass is 16.5. The zero-order valence-electron chi connectivity index (χ0n) is 14.2. The smallest absolute Gasteiger partial charge is 0.309 e. The zero-order chi connectivity index (χ0) is 16.4. The normalized spacial score (nSPS) is 24.4. The van der Waals surface area contributed by atoms with Crippen molar-refractivity contribution in [3.8, 4) is 0 Å². The van der Waals surface area contributed by atoms with E-state index in [1.54, 1.807) is 0 Å². The average molecular weight is 312 g/mol. The average Bonchev–Trinajstić information content (AvgIpc) is 2.87. The van der Waals surface area contributed by atoms with Crippen LogP contribution in [0.2, 0.25) is 0 Å². The van der Waals surface area contributed by atoms with Crippen LogP contribution in [0.3, 0.4) is 0 Å². The predicted molar refractivity (Wildman–Crippen MR) is 86.6 cm³/mol. The molecule has 0 aromatic rings. The number of hydrogen-bond acceptors (Lipinski definition) is 3. The van der Waals surface area contributed by atoms with Gasteiger partial charge in [0.2, 0.25) is 0 Å². The molecule has 0 aromatic heterocycles. The largest absolute Gasteiger partial charge is 0.481 e. The molecule has 4 heteroatoms. The molecule has 1 N–H and O–H groups in total. The lowest BCUT2D eigenvalue weighted by Gasteiger charge is -2.14. The minimum Gasteiger partial charge on any atom is -0.481 e. The number of rotatable bonds is 11. The van der Waals surface area contributed by atoms with Crippen LogP contribution in [0.1, 0.15) is 78.1 Å². The Morgan fingerprint density at radius 1 is 0.955 bits per heavy atom. The van der Waals surface area contributed by atoms with Crippen molar-refractivity contribution in [3.63, 3.8) is 0 Å². The molecule has 0 aromatic carbocycles. The van der Waals surface area contributed by atoms with E-state index in [0.29, 0.717) is 25.4 Å². The minimum atomic E-state index is -0.863. The highest BCUT2D eigenvalue weighted by molar-refractivity contribution is 5.81. The number of ether oxygens (including phenoxy) is 1. The second kappa shape index (κ2) is 10.6. The number of carboxylic acid groups (broad SMARTS) is 1. The summed E-state index contributed by atoms with van der Waals surface area (Å²) in [6.45, 7) is 4.65. The van der Waals surface area contributed by atoms with Gasteiger partial charge in [-0.1, -0.05) is 58.8 Å². The molecule has 0 amide bonds. The van der Waals surface area contributed by atoms with Gasteiger partial charge in [0.1, 0.15) is 0 Å². The standard InChI is InChI=1S/C18H32O4/c1-3-4-5-6-7-8-9-10-11-22-18(21)16-13-14(2)12-15(16)17(19)20/h14-16H,3-13H2,1-2H3,(H,19,20). The molecule has 4 nitrogen and oxygen atoms in total. The molecule has 3 unspecified atom stereocenters. The first kappa shape index (κ1) is 19.0. The van der Waals surface area contributed by atoms with Gasteiger partial charge < -0.3 is 9.84 Å². The maximum absolute atomic E-state index is 12.0. The Kier molecular flexibility index (Phi) is 9.17. The van der Waals surface area contributed by atoms with Crippen LogP contribution in [0.5, 0.6) is 0 Å². The van der Waals surface area contributed by atoms with Gasteiger partial charge in [0.15, 0.2) is 0 Å². The van der Waals surface area contributed by atoms with Gasteiger partial charge in [-0.15, -0.1) is 0 Å². The number of esters is 1. The van der Waals surface area contributed by atoms with Gasteiger partial charge in [0.25, 0.3) is 0 Å². The van der Waals surface area contributed by atoms with Crippen molar-refractivity contribution < 1.29 is 19.4 Å². The zero-order valence-corrected chi connectivity index (χ0v) is 14.2. The summed E-state index contributed by atoms with van der Waals surface area (Å²) in [6.07, 6.45) is 10.9. The first-order valence-corrected chi connectivity index (χ1v) is 8.95. The fraction of sp³-hybridized carbons (Fsp3) is 0.889. The Morgan fingerprint density at radius 3 is 2.09 bits per heavy atom. The van der Waals surface area contributed by atoms with Gasteiger partial charge in [-0.3, -0.25) is 9.59 Å². The molecule has 1 fully saturated rings. The molecule has 22 heavy (non-hydrogen) atoms. The number of aliphatic carboxylic acids is 1. The van der Waals surface area contributed by atoms with Crippen molar-refractivity contribution >= 4 is 11.9 Å². The Bertz CT molecular complexity index is 340. The SMILES string of the molecule is CCCCCCCCCCOC(=O)C1CC(C)CC1C(=O)O. The van der Waals surface area contributed by atoms with Crippen LogP contribution in [0.25, 0.3) is 0 Å². The molecule has 3 atom stereocenters. The van der Waals surface area contributed by atoms with E-state index >= 15 is 0 Å². The van der Waals surface area contributed by atoms with E-state index in [-0.39, 0.29) is 5.97 Å². The highest BCUT2D eigenvalue weighted by Gasteiger charge is 2.42. The van der Waals surface area contributed by atoms with Crippen LogP contribution in [0, 0.1) is 17.8 Å². The van der Waals surface area contributed by atoms with Crippen LogP contribution >= 0.6 is 0 Å². The minimum absolute atomic E-state index is 0.293. The van der Waals surface area contributed by atoms with E-state index in [0.717, 1.165) is 12.8 Å². The first-order chi connectivity index (χ1) is 10.6. The fourth-order valence-electron chi connectivity index (χ4n) is 3.34. The summed E-state index contributed by atoms with van der Waals surface area (Å²) in [7, 11) is 0. The Balaban J connectivity index is 2.09. The van der Waals surface area contributed by atoms with Crippen LogP contribution in [-0.4, -0.2) is 23.7 Å². The summed E-state index contributed by atoms with van der Waals surface area (Å²) in [5, 5.41) is 9.17. The molecule has 1 rings (SSSR count). The molecule has 0 radical (unpaired) electrons. The molecule has 0 saturated heterocycles. The molecule has 0 bridgehead atoms. The monoisotopic (exact) mass is 312 g/mol. The van der Waals surface area contributed by atoms with Crippen LogP contribution in [-0.2, 0) is 14.3 Å². The van der Waals surface area contributed by atoms with Crippen molar-refractivity contribution in [2.24, 2.45) is 17.8 Å². The molecule has 0 spiro atoms. The third kappa shape index (κ3) is 6.80. The van der Waals surface area contributed by atoms with Crippen molar-refractivity contribution in [2.45, 2.75) is 78.1 Å². The topological polar surface area (TPSA) is 63.6 Å². The van der Waals surface area contributed by atoms with Crippen molar-refractivity contribution in [3.05, 3.63) is 0 Å². The quantitative estimate of drug-likeness (QED) is 0.453. The molecular weight excluding hydrogens is 280 g/mol. The molecule has 0 aliphatic heterocycles. The van der Waals surface area contributed by atoms with Crippen molar-refractivity contribution in [2.75, 3.05) is 6.61 Å². The lowest BCUT2D eigenvalue weighted by Crippen LogP contribution is -2.27. The van der Waals surface area contributed by atoms with Crippen LogP contribution < -0.4 is 0 Å². The molecule has 1 aliphatic carbocycles. The maximum atomic E-state index is 12.0. The Morgan fingerprint density at radius 2 is 1.50 bits per heavy atom. The maximum Gasteiger partial charge on any atom is 0.309 e. The number of carbonyl (C=O) groups is 2. The van der Waals surface area contributed by atoms with Crippen molar-refractivity contribution in [1.82, 2.24) is 0 Å². The summed E-state index contributed by atoms with van der Waals surface area (Å²) in [6, 6.07) is 0. The number of carboxylic acids is 1. The summed E-state index contributed by atoms with van der Waals surface area (Å²) in [4.78, 5) is 23.2. The lowest BCUT2D eigenvalue weighted by molar-refractivity contribution is -0.156. The van der Waals surface area contributed by atoms with E-state index in [1.807, 2.05) is 6.92 Å². The number of unbranched alkanes of at least 4 members (excludes halogenated alkanes) is 7. The van der Waals surface area contributed by atoms with Crippen LogP contribution in [0.15, 0.2) is 0 Å². The summed E-state index contributed by atoms with van der Waals surface area (Å²) < 4.78 is 5.30. The summed E-state index contributed by atoms with van der Waals surface area (Å²) in [5.74, 6) is -1.87. The van der Waals surface area contributed by atoms with Gasteiger partial charge in [-0.05, 0) is 25.2 Å². The summed E-state index contributed by atoms with van der Waals surface area (Å²) >= 11 is 0. The first-order valence-electron chi connectivity index (χ1n) is 8.95. The highest BCUT2D eigenvalue weighted by Crippen LogP contribution is 2.37.